The molecule has 0 aromatic heterocycles. The number of rotatable bonds is 3. The quantitative estimate of drug-likeness (QED) is 0.916. The summed E-state index contributed by atoms with van der Waals surface area (Å²) in [5.41, 5.74) is 8.01. The third-order valence-corrected chi connectivity index (χ3v) is 3.92. The van der Waals surface area contributed by atoms with Crippen LogP contribution in [0.15, 0.2) is 18.2 Å². The topological polar surface area (TPSA) is 38.5 Å². The molecule has 1 atom stereocenters. The second-order valence-electron chi connectivity index (χ2n) is 4.95. The van der Waals surface area contributed by atoms with E-state index in [9.17, 15) is 0 Å². The van der Waals surface area contributed by atoms with Crippen LogP contribution in [-0.2, 0) is 4.74 Å². The van der Waals surface area contributed by atoms with Crippen molar-refractivity contribution in [3.8, 4) is 0 Å². The average Bonchev–Trinajstić information content (AvgIpc) is 2.38. The van der Waals surface area contributed by atoms with Gasteiger partial charge in [-0.1, -0.05) is 17.7 Å². The summed E-state index contributed by atoms with van der Waals surface area (Å²) in [6.45, 7) is 3.64. The standard InChI is InChI=1S/C14H21ClN2O/c1-10(16)11-3-4-14(13(15)9-11)17(2)12-5-7-18-8-6-12/h3-4,9-10,12H,5-8,16H2,1-2H3/t10-/m1/s1. The summed E-state index contributed by atoms with van der Waals surface area (Å²) in [4.78, 5) is 2.26. The molecule has 0 radical (unpaired) electrons. The molecule has 3 nitrogen and oxygen atoms in total. The third kappa shape index (κ3) is 2.97. The molecule has 2 rings (SSSR count). The van der Waals surface area contributed by atoms with Crippen LogP contribution in [0.4, 0.5) is 5.69 Å². The zero-order valence-electron chi connectivity index (χ0n) is 11.0. The minimum atomic E-state index is 0.0185. The van der Waals surface area contributed by atoms with Crippen molar-refractivity contribution in [1.82, 2.24) is 0 Å². The summed E-state index contributed by atoms with van der Waals surface area (Å²) in [6, 6.07) is 6.62. The molecule has 1 aliphatic heterocycles. The minimum absolute atomic E-state index is 0.0185. The molecule has 1 saturated heterocycles. The summed E-state index contributed by atoms with van der Waals surface area (Å²) in [7, 11) is 2.10. The van der Waals surface area contributed by atoms with Crippen molar-refractivity contribution in [2.24, 2.45) is 5.73 Å². The number of ether oxygens (including phenoxy) is 1. The van der Waals surface area contributed by atoms with E-state index in [-0.39, 0.29) is 6.04 Å². The highest BCUT2D eigenvalue weighted by molar-refractivity contribution is 6.33. The van der Waals surface area contributed by atoms with Gasteiger partial charge in [-0.2, -0.15) is 0 Å². The SMILES string of the molecule is C[C@@H](N)c1ccc(N(C)C2CCOCC2)c(Cl)c1. The van der Waals surface area contributed by atoms with Gasteiger partial charge in [0, 0.05) is 32.3 Å². The summed E-state index contributed by atoms with van der Waals surface area (Å²) >= 11 is 6.36. The Balaban J connectivity index is 2.16. The molecule has 0 aliphatic carbocycles. The first-order valence-corrected chi connectivity index (χ1v) is 6.83. The van der Waals surface area contributed by atoms with Crippen molar-refractivity contribution >= 4 is 17.3 Å². The van der Waals surface area contributed by atoms with Crippen molar-refractivity contribution in [2.45, 2.75) is 31.8 Å². The smallest absolute Gasteiger partial charge is 0.0642 e. The van der Waals surface area contributed by atoms with Gasteiger partial charge >= 0.3 is 0 Å². The second kappa shape index (κ2) is 5.91. The molecule has 0 unspecified atom stereocenters. The van der Waals surface area contributed by atoms with Crippen LogP contribution in [0.25, 0.3) is 0 Å². The molecule has 0 spiro atoms. The Kier molecular flexibility index (Phi) is 4.49. The van der Waals surface area contributed by atoms with Crippen LogP contribution in [0.5, 0.6) is 0 Å². The molecule has 0 saturated carbocycles. The van der Waals surface area contributed by atoms with Gasteiger partial charge in [-0.3, -0.25) is 0 Å². The zero-order valence-corrected chi connectivity index (χ0v) is 11.8. The van der Waals surface area contributed by atoms with E-state index < -0.39 is 0 Å². The lowest BCUT2D eigenvalue weighted by molar-refractivity contribution is 0.0855. The largest absolute Gasteiger partial charge is 0.381 e. The molecule has 1 heterocycles. The molecule has 18 heavy (non-hydrogen) atoms. The molecule has 1 aromatic rings. The molecule has 1 aliphatic rings. The Morgan fingerprint density at radius 2 is 2.06 bits per heavy atom. The van der Waals surface area contributed by atoms with Gasteiger partial charge in [-0.15, -0.1) is 0 Å². The molecular formula is C14H21ClN2O. The highest BCUT2D eigenvalue weighted by Gasteiger charge is 2.20. The Bertz CT molecular complexity index is 403. The monoisotopic (exact) mass is 268 g/mol. The highest BCUT2D eigenvalue weighted by Crippen LogP contribution is 2.30. The van der Waals surface area contributed by atoms with Crippen molar-refractivity contribution in [2.75, 3.05) is 25.2 Å². The molecule has 2 N–H and O–H groups in total. The molecule has 4 heteroatoms. The predicted molar refractivity (Wildman–Crippen MR) is 76.3 cm³/mol. The van der Waals surface area contributed by atoms with E-state index in [1.54, 1.807) is 0 Å². The lowest BCUT2D eigenvalue weighted by Crippen LogP contribution is -2.36. The molecule has 1 aromatic carbocycles. The van der Waals surface area contributed by atoms with Gasteiger partial charge in [0.1, 0.15) is 0 Å². The number of anilines is 1. The Morgan fingerprint density at radius 3 is 2.61 bits per heavy atom. The lowest BCUT2D eigenvalue weighted by atomic mass is 10.0. The van der Waals surface area contributed by atoms with Crippen molar-refractivity contribution < 1.29 is 4.74 Å². The summed E-state index contributed by atoms with van der Waals surface area (Å²) in [5, 5.41) is 0.777. The van der Waals surface area contributed by atoms with Crippen LogP contribution >= 0.6 is 11.6 Å². The van der Waals surface area contributed by atoms with Crippen molar-refractivity contribution in [3.05, 3.63) is 28.8 Å². The van der Waals surface area contributed by atoms with E-state index in [0.29, 0.717) is 6.04 Å². The normalized spacial score (nSPS) is 18.7. The van der Waals surface area contributed by atoms with Crippen LogP contribution in [0, 0.1) is 0 Å². The van der Waals surface area contributed by atoms with E-state index in [1.165, 1.54) is 0 Å². The van der Waals surface area contributed by atoms with Crippen LogP contribution in [0.1, 0.15) is 31.4 Å². The number of hydrogen-bond donors (Lipinski definition) is 1. The third-order valence-electron chi connectivity index (χ3n) is 3.62. The summed E-state index contributed by atoms with van der Waals surface area (Å²) in [6.07, 6.45) is 2.11. The van der Waals surface area contributed by atoms with Gasteiger partial charge in [0.15, 0.2) is 0 Å². The predicted octanol–water partition coefficient (Wildman–Crippen LogP) is 2.97. The first-order valence-electron chi connectivity index (χ1n) is 6.45. The number of benzene rings is 1. The first kappa shape index (κ1) is 13.7. The average molecular weight is 269 g/mol. The zero-order chi connectivity index (χ0) is 13.1. The minimum Gasteiger partial charge on any atom is -0.381 e. The second-order valence-corrected chi connectivity index (χ2v) is 5.36. The van der Waals surface area contributed by atoms with Gasteiger partial charge < -0.3 is 15.4 Å². The Hall–Kier alpha value is -0.770. The summed E-state index contributed by atoms with van der Waals surface area (Å²) in [5.74, 6) is 0. The van der Waals surface area contributed by atoms with Gasteiger partial charge in [0.05, 0.1) is 10.7 Å². The highest BCUT2D eigenvalue weighted by atomic mass is 35.5. The first-order chi connectivity index (χ1) is 8.59. The van der Waals surface area contributed by atoms with Crippen molar-refractivity contribution in [1.29, 1.82) is 0 Å². The van der Waals surface area contributed by atoms with Crippen LogP contribution < -0.4 is 10.6 Å². The van der Waals surface area contributed by atoms with E-state index in [1.807, 2.05) is 13.0 Å². The number of hydrogen-bond acceptors (Lipinski definition) is 3. The number of halogens is 1. The van der Waals surface area contributed by atoms with Crippen molar-refractivity contribution in [3.63, 3.8) is 0 Å². The maximum Gasteiger partial charge on any atom is 0.0642 e. The van der Waals surface area contributed by atoms with E-state index in [4.69, 9.17) is 22.1 Å². The number of nitrogens with two attached hydrogens (primary N) is 1. The van der Waals surface area contributed by atoms with Gasteiger partial charge in [0.2, 0.25) is 0 Å². The molecule has 0 bridgehead atoms. The van der Waals surface area contributed by atoms with Crippen LogP contribution in [-0.4, -0.2) is 26.3 Å². The van der Waals surface area contributed by atoms with Gasteiger partial charge in [-0.25, -0.2) is 0 Å². The van der Waals surface area contributed by atoms with Gasteiger partial charge in [-0.05, 0) is 37.5 Å². The maximum absolute atomic E-state index is 6.36. The Morgan fingerprint density at radius 1 is 1.39 bits per heavy atom. The fourth-order valence-electron chi connectivity index (χ4n) is 2.36. The van der Waals surface area contributed by atoms with E-state index >= 15 is 0 Å². The van der Waals surface area contributed by atoms with Crippen LogP contribution in [0.2, 0.25) is 5.02 Å². The van der Waals surface area contributed by atoms with Gasteiger partial charge in [0.25, 0.3) is 0 Å². The van der Waals surface area contributed by atoms with E-state index in [2.05, 4.69) is 24.1 Å². The Labute approximate surface area is 114 Å². The van der Waals surface area contributed by atoms with E-state index in [0.717, 1.165) is 42.3 Å². The van der Waals surface area contributed by atoms with Crippen LogP contribution in [0.3, 0.4) is 0 Å². The molecular weight excluding hydrogens is 248 g/mol. The number of nitrogens with zero attached hydrogens (tertiary/aromatic N) is 1. The molecule has 100 valence electrons. The fourth-order valence-corrected chi connectivity index (χ4v) is 2.68. The molecule has 1 fully saturated rings. The molecule has 0 amide bonds. The fraction of sp³-hybridized carbons (Fsp3) is 0.571. The lowest BCUT2D eigenvalue weighted by Gasteiger charge is -2.33. The summed E-state index contributed by atoms with van der Waals surface area (Å²) < 4.78 is 5.39. The maximum atomic E-state index is 6.36.